The summed E-state index contributed by atoms with van der Waals surface area (Å²) in [6.07, 6.45) is 4.13. The van der Waals surface area contributed by atoms with Crippen LogP contribution >= 0.6 is 0 Å². The van der Waals surface area contributed by atoms with Crippen LogP contribution in [0.4, 0.5) is 58.4 Å². The van der Waals surface area contributed by atoms with Crippen LogP contribution in [-0.2, 0) is 9.47 Å². The molecule has 4 N–H and O–H groups in total. The van der Waals surface area contributed by atoms with Crippen molar-refractivity contribution in [3.05, 3.63) is 120 Å². The molecule has 0 spiro atoms. The van der Waals surface area contributed by atoms with Gasteiger partial charge in [0.15, 0.2) is 0 Å². The molecule has 4 aromatic carbocycles. The van der Waals surface area contributed by atoms with Gasteiger partial charge in [0.25, 0.3) is 0 Å². The summed E-state index contributed by atoms with van der Waals surface area (Å²) in [4.78, 5) is 32.4. The number of anilines is 10. The van der Waals surface area contributed by atoms with Gasteiger partial charge in [-0.25, -0.2) is 0 Å². The number of ether oxygens (including phenoxy) is 2. The van der Waals surface area contributed by atoms with Crippen molar-refractivity contribution in [2.75, 3.05) is 83.7 Å². The topological polar surface area (TPSA) is 150 Å². The molecule has 2 aromatic heterocycles. The third kappa shape index (κ3) is 10.4. The Morgan fingerprint density at radius 1 is 0.536 bits per heavy atom. The number of benzene rings is 4. The summed E-state index contributed by atoms with van der Waals surface area (Å²) in [7, 11) is 0. The zero-order valence-electron chi connectivity index (χ0n) is 31.4. The van der Waals surface area contributed by atoms with E-state index in [4.69, 9.17) is 29.4 Å². The Balaban J connectivity index is 0.00000480. The number of nitrogens with zero attached hydrogens (tertiary/aromatic N) is 8. The maximum Gasteiger partial charge on any atom is 1.00 e. The van der Waals surface area contributed by atoms with Gasteiger partial charge < -0.3 is 40.5 Å². The predicted molar refractivity (Wildman–Crippen MR) is 217 cm³/mol. The van der Waals surface area contributed by atoms with Crippen LogP contribution in [0.2, 0.25) is 0 Å². The maximum atomic E-state index is 5.55. The number of hydrogen-bond donors (Lipinski definition) is 4. The Hall–Kier alpha value is -5.64. The Morgan fingerprint density at radius 3 is 1.46 bits per heavy atom. The molecular formula is C41H41N12NaO2. The van der Waals surface area contributed by atoms with Gasteiger partial charge in [-0.1, -0.05) is 48.5 Å². The number of aromatic nitrogens is 6. The Labute approximate surface area is 348 Å². The fourth-order valence-electron chi connectivity index (χ4n) is 6.06. The van der Waals surface area contributed by atoms with E-state index in [0.717, 1.165) is 39.4 Å². The Kier molecular flexibility index (Phi) is 13.0. The van der Waals surface area contributed by atoms with Gasteiger partial charge in [-0.15, -0.1) is 30.3 Å². The van der Waals surface area contributed by atoms with E-state index in [0.29, 0.717) is 88.3 Å². The van der Waals surface area contributed by atoms with Crippen LogP contribution in [0.1, 0.15) is 16.7 Å². The van der Waals surface area contributed by atoms with Crippen molar-refractivity contribution in [3.8, 4) is 0 Å². The van der Waals surface area contributed by atoms with Gasteiger partial charge in [-0.05, 0) is 60.1 Å². The van der Waals surface area contributed by atoms with E-state index in [1.54, 1.807) is 0 Å². The molecule has 4 heterocycles. The van der Waals surface area contributed by atoms with E-state index in [9.17, 15) is 0 Å². The molecule has 2 aliphatic heterocycles. The number of para-hydroxylation sites is 2. The fourth-order valence-corrected chi connectivity index (χ4v) is 6.06. The number of rotatable bonds is 12. The largest absolute Gasteiger partial charge is 1.00 e. The quantitative estimate of drug-likeness (QED) is 0.0810. The van der Waals surface area contributed by atoms with E-state index in [1.807, 2.05) is 91.0 Å². The molecule has 0 unspecified atom stereocenters. The zero-order valence-corrected chi connectivity index (χ0v) is 33.4. The minimum absolute atomic E-state index is 0. The van der Waals surface area contributed by atoms with Gasteiger partial charge in [0.1, 0.15) is 0 Å². The maximum absolute atomic E-state index is 5.55. The molecule has 0 atom stereocenters. The van der Waals surface area contributed by atoms with Crippen molar-refractivity contribution < 1.29 is 39.0 Å². The molecule has 278 valence electrons. The second-order valence-corrected chi connectivity index (χ2v) is 12.9. The number of nitrogens with one attached hydrogen (secondary N) is 4. The van der Waals surface area contributed by atoms with E-state index in [1.165, 1.54) is 0 Å². The minimum Gasteiger partial charge on any atom is -0.378 e. The van der Waals surface area contributed by atoms with Crippen LogP contribution in [0.15, 0.2) is 97.1 Å². The molecule has 0 radical (unpaired) electrons. The van der Waals surface area contributed by atoms with Gasteiger partial charge in [0, 0.05) is 43.2 Å². The van der Waals surface area contributed by atoms with Crippen LogP contribution in [0.3, 0.4) is 0 Å². The first-order valence-electron chi connectivity index (χ1n) is 18.3. The van der Waals surface area contributed by atoms with E-state index >= 15 is 0 Å². The van der Waals surface area contributed by atoms with Gasteiger partial charge in [0.2, 0.25) is 35.7 Å². The summed E-state index contributed by atoms with van der Waals surface area (Å²) in [5.74, 6) is 3.02. The molecule has 6 aromatic rings. The van der Waals surface area contributed by atoms with Crippen molar-refractivity contribution in [1.29, 1.82) is 0 Å². The van der Waals surface area contributed by atoms with Crippen molar-refractivity contribution in [2.45, 2.75) is 6.92 Å². The fraction of sp³-hybridized carbons (Fsp3) is 0.220. The Bertz CT molecular complexity index is 2220. The van der Waals surface area contributed by atoms with Gasteiger partial charge >= 0.3 is 29.6 Å². The van der Waals surface area contributed by atoms with E-state index < -0.39 is 0 Å². The van der Waals surface area contributed by atoms with Crippen molar-refractivity contribution >= 4 is 70.6 Å². The third-order valence-electron chi connectivity index (χ3n) is 8.96. The van der Waals surface area contributed by atoms with Crippen LogP contribution < -0.4 is 60.6 Å². The molecular weight excluding hydrogens is 716 g/mol. The number of morpholine rings is 2. The second-order valence-electron chi connectivity index (χ2n) is 12.9. The van der Waals surface area contributed by atoms with Crippen molar-refractivity contribution in [3.63, 3.8) is 0 Å². The second kappa shape index (κ2) is 18.8. The number of aryl methyl sites for hydroxylation is 1. The molecule has 0 amide bonds. The van der Waals surface area contributed by atoms with E-state index in [2.05, 4.69) is 72.2 Å². The first kappa shape index (κ1) is 38.6. The smallest absolute Gasteiger partial charge is 0.378 e. The van der Waals surface area contributed by atoms with Crippen LogP contribution in [0, 0.1) is 13.0 Å². The summed E-state index contributed by atoms with van der Waals surface area (Å²) < 4.78 is 11.1. The molecule has 2 aliphatic rings. The van der Waals surface area contributed by atoms with Crippen LogP contribution in [0.25, 0.3) is 12.2 Å². The van der Waals surface area contributed by atoms with Gasteiger partial charge in [0.05, 0.1) is 26.4 Å². The molecule has 0 bridgehead atoms. The van der Waals surface area contributed by atoms with Gasteiger partial charge in [-0.2, -0.15) is 35.5 Å². The average Bonchev–Trinajstić information content (AvgIpc) is 3.22. The molecule has 2 fully saturated rings. The molecule has 0 aliphatic carbocycles. The standard InChI is InChI=1S/C41H41N12O2.Na/c1-29-28-35(45-39-47-37(43-33-10-6-3-7-11-33)49-41(51-39)53-22-26-55-27-23-53)19-16-31(29)15-12-30-13-17-34(18-14-30)44-38-46-36(42-32-8-4-2-5-9-32)48-40(50-38)52-20-24-54-25-21-52;/h2-13,15-19,28H,20-27H2,1H3,(H2,42,44,46,48,50)(H2,43,45,47,49,51);/q-1;+1/b15-12+;. The van der Waals surface area contributed by atoms with Crippen molar-refractivity contribution in [2.24, 2.45) is 0 Å². The molecule has 56 heavy (non-hydrogen) atoms. The first-order valence-corrected chi connectivity index (χ1v) is 18.3. The normalized spacial score (nSPS) is 14.2. The molecule has 0 saturated carbocycles. The van der Waals surface area contributed by atoms with Gasteiger partial charge in [-0.3, -0.25) is 0 Å². The summed E-state index contributed by atoms with van der Waals surface area (Å²) in [6.45, 7) is 7.47. The molecule has 2 saturated heterocycles. The van der Waals surface area contributed by atoms with Crippen LogP contribution in [0.5, 0.6) is 0 Å². The van der Waals surface area contributed by atoms with Crippen LogP contribution in [-0.4, -0.2) is 82.5 Å². The summed E-state index contributed by atoms with van der Waals surface area (Å²) in [5.41, 5.74) is 6.58. The third-order valence-corrected chi connectivity index (χ3v) is 8.96. The summed E-state index contributed by atoms with van der Waals surface area (Å²) in [5, 5.41) is 13.3. The molecule has 14 nitrogen and oxygen atoms in total. The predicted octanol–water partition coefficient (Wildman–Crippen LogP) is 3.99. The molecule has 8 rings (SSSR count). The van der Waals surface area contributed by atoms with E-state index in [-0.39, 0.29) is 29.6 Å². The minimum atomic E-state index is 0. The number of hydrogen-bond acceptors (Lipinski definition) is 14. The summed E-state index contributed by atoms with van der Waals surface area (Å²) >= 11 is 0. The Morgan fingerprint density at radius 2 is 1.00 bits per heavy atom. The van der Waals surface area contributed by atoms with Crippen molar-refractivity contribution in [1.82, 2.24) is 29.9 Å². The zero-order chi connectivity index (χ0) is 37.2. The molecule has 15 heteroatoms. The average molecular weight is 757 g/mol. The first-order chi connectivity index (χ1) is 27.1. The summed E-state index contributed by atoms with van der Waals surface area (Å²) in [6, 6.07) is 35.1. The SMILES string of the molecule is Cc1cc(Nc2nc(Nc3ccccc3)nc(N3CCOCC3)n2)ccc1/C=C/c1[c-]cc(Nc2nc(Nc3ccccc3)nc(N3CCOCC3)n2)cc1.[Na+]. The monoisotopic (exact) mass is 756 g/mol.